The lowest BCUT2D eigenvalue weighted by atomic mass is 10.2. The van der Waals surface area contributed by atoms with Crippen LogP contribution in [0.1, 0.15) is 25.0 Å². The van der Waals surface area contributed by atoms with Gasteiger partial charge in [-0.1, -0.05) is 0 Å². The summed E-state index contributed by atoms with van der Waals surface area (Å²) in [7, 11) is 0. The molecule has 0 fully saturated rings. The summed E-state index contributed by atoms with van der Waals surface area (Å²) >= 11 is 5.50. The maximum atomic E-state index is 11.2. The van der Waals surface area contributed by atoms with Crippen LogP contribution >= 0.6 is 11.6 Å². The van der Waals surface area contributed by atoms with Crippen molar-refractivity contribution in [2.24, 2.45) is 0 Å². The van der Waals surface area contributed by atoms with Gasteiger partial charge in [0.05, 0.1) is 6.26 Å². The molecule has 14 heavy (non-hydrogen) atoms. The van der Waals surface area contributed by atoms with Crippen LogP contribution in [0.25, 0.3) is 6.08 Å². The van der Waals surface area contributed by atoms with Gasteiger partial charge < -0.3 is 4.42 Å². The summed E-state index contributed by atoms with van der Waals surface area (Å²) in [5, 5.41) is 0. The highest BCUT2D eigenvalue weighted by molar-refractivity contribution is 6.17. The Bertz CT molecular complexity index is 288. The van der Waals surface area contributed by atoms with Crippen molar-refractivity contribution in [3.8, 4) is 0 Å². The third-order valence-electron chi connectivity index (χ3n) is 1.78. The molecule has 76 valence electrons. The number of furan rings is 1. The largest absolute Gasteiger partial charge is 0.465 e. The van der Waals surface area contributed by atoms with Gasteiger partial charge in [0.1, 0.15) is 5.76 Å². The lowest BCUT2D eigenvalue weighted by molar-refractivity contribution is -0.114. The fourth-order valence-electron chi connectivity index (χ4n) is 1.04. The van der Waals surface area contributed by atoms with Gasteiger partial charge in [0, 0.05) is 12.3 Å². The maximum absolute atomic E-state index is 11.2. The highest BCUT2D eigenvalue weighted by atomic mass is 35.5. The van der Waals surface area contributed by atoms with Gasteiger partial charge in [-0.25, -0.2) is 0 Å². The van der Waals surface area contributed by atoms with Crippen LogP contribution in [-0.4, -0.2) is 11.7 Å². The van der Waals surface area contributed by atoms with Gasteiger partial charge >= 0.3 is 0 Å². The van der Waals surface area contributed by atoms with E-state index in [1.54, 1.807) is 24.5 Å². The monoisotopic (exact) mass is 212 g/mol. The molecule has 1 aromatic heterocycles. The Hall–Kier alpha value is -1.02. The van der Waals surface area contributed by atoms with Crippen molar-refractivity contribution in [3.05, 3.63) is 30.2 Å². The van der Waals surface area contributed by atoms with Crippen LogP contribution in [0.4, 0.5) is 0 Å². The Morgan fingerprint density at radius 1 is 1.50 bits per heavy atom. The average Bonchev–Trinajstić information content (AvgIpc) is 2.68. The lowest BCUT2D eigenvalue weighted by Gasteiger charge is -1.92. The first-order chi connectivity index (χ1) is 6.83. The summed E-state index contributed by atoms with van der Waals surface area (Å²) in [5.41, 5.74) is 0. The first kappa shape index (κ1) is 11.1. The Balaban J connectivity index is 2.26. The fraction of sp³-hybridized carbons (Fsp3) is 0.364. The van der Waals surface area contributed by atoms with E-state index in [0.29, 0.717) is 18.1 Å². The molecule has 0 saturated carbocycles. The minimum Gasteiger partial charge on any atom is -0.465 e. The number of rotatable bonds is 6. The van der Waals surface area contributed by atoms with Gasteiger partial charge in [-0.15, -0.1) is 11.6 Å². The zero-order valence-corrected chi connectivity index (χ0v) is 8.67. The van der Waals surface area contributed by atoms with Crippen molar-refractivity contribution in [1.29, 1.82) is 0 Å². The quantitative estimate of drug-likeness (QED) is 0.412. The van der Waals surface area contributed by atoms with Crippen LogP contribution in [0.15, 0.2) is 28.9 Å². The predicted octanol–water partition coefficient (Wildman–Crippen LogP) is 3.27. The molecule has 0 radical (unpaired) electrons. The lowest BCUT2D eigenvalue weighted by Crippen LogP contribution is -1.92. The highest BCUT2D eigenvalue weighted by Gasteiger charge is 1.96. The summed E-state index contributed by atoms with van der Waals surface area (Å²) in [6, 6.07) is 3.60. The Morgan fingerprint density at radius 2 is 2.36 bits per heavy atom. The second-order valence-corrected chi connectivity index (χ2v) is 3.34. The molecule has 1 heterocycles. The van der Waals surface area contributed by atoms with E-state index in [4.69, 9.17) is 16.0 Å². The van der Waals surface area contributed by atoms with E-state index < -0.39 is 0 Å². The zero-order chi connectivity index (χ0) is 10.2. The van der Waals surface area contributed by atoms with Crippen molar-refractivity contribution < 1.29 is 9.21 Å². The molecule has 0 unspecified atom stereocenters. The number of carbonyl (C=O) groups is 1. The van der Waals surface area contributed by atoms with Crippen molar-refractivity contribution in [2.75, 3.05) is 5.88 Å². The van der Waals surface area contributed by atoms with Gasteiger partial charge in [-0.2, -0.15) is 0 Å². The van der Waals surface area contributed by atoms with Crippen LogP contribution in [0.2, 0.25) is 0 Å². The van der Waals surface area contributed by atoms with E-state index in [1.807, 2.05) is 6.07 Å². The predicted molar refractivity (Wildman–Crippen MR) is 57.3 cm³/mol. The van der Waals surface area contributed by atoms with E-state index >= 15 is 0 Å². The van der Waals surface area contributed by atoms with Crippen molar-refractivity contribution in [1.82, 2.24) is 0 Å². The molecule has 1 rings (SSSR count). The number of hydrogen-bond donors (Lipinski definition) is 0. The molecule has 0 bridgehead atoms. The molecule has 3 heteroatoms. The van der Waals surface area contributed by atoms with Crippen molar-refractivity contribution in [2.45, 2.75) is 19.3 Å². The molecule has 0 spiro atoms. The van der Waals surface area contributed by atoms with Crippen LogP contribution in [0, 0.1) is 0 Å². The van der Waals surface area contributed by atoms with Gasteiger partial charge in [0.2, 0.25) is 0 Å². The van der Waals surface area contributed by atoms with Gasteiger partial charge in [0.15, 0.2) is 5.78 Å². The van der Waals surface area contributed by atoms with Gasteiger partial charge in [-0.05, 0) is 37.1 Å². The molecule has 0 amide bonds. The molecule has 0 saturated heterocycles. The molecule has 0 N–H and O–H groups in total. The third kappa shape index (κ3) is 4.28. The summed E-state index contributed by atoms with van der Waals surface area (Å²) in [6.45, 7) is 0. The van der Waals surface area contributed by atoms with Crippen LogP contribution in [0.5, 0.6) is 0 Å². The third-order valence-corrected chi connectivity index (χ3v) is 2.05. The Kier molecular flexibility index (Phi) is 5.08. The van der Waals surface area contributed by atoms with Crippen molar-refractivity contribution in [3.63, 3.8) is 0 Å². The molecule has 2 nitrogen and oxygen atoms in total. The normalized spacial score (nSPS) is 10.9. The summed E-state index contributed by atoms with van der Waals surface area (Å²) in [5.74, 6) is 1.44. The first-order valence-electron chi connectivity index (χ1n) is 4.63. The summed E-state index contributed by atoms with van der Waals surface area (Å²) in [4.78, 5) is 11.2. The number of halogens is 1. The van der Waals surface area contributed by atoms with Gasteiger partial charge in [0.25, 0.3) is 0 Å². The molecule has 1 aromatic rings. The standard InChI is InChI=1S/C11H13ClO2/c12-8-2-1-4-10(13)6-7-11-5-3-9-14-11/h3,5-7,9H,1-2,4,8H2/b7-6+. The van der Waals surface area contributed by atoms with E-state index in [2.05, 4.69) is 0 Å². The van der Waals surface area contributed by atoms with Crippen LogP contribution in [-0.2, 0) is 4.79 Å². The minimum atomic E-state index is 0.117. The molecule has 0 aliphatic rings. The summed E-state index contributed by atoms with van der Waals surface area (Å²) < 4.78 is 5.05. The molecular formula is C11H13ClO2. The van der Waals surface area contributed by atoms with Crippen LogP contribution in [0.3, 0.4) is 0 Å². The number of alkyl halides is 1. The number of ketones is 1. The van der Waals surface area contributed by atoms with E-state index in [0.717, 1.165) is 12.8 Å². The average molecular weight is 213 g/mol. The number of allylic oxidation sites excluding steroid dienone is 1. The summed E-state index contributed by atoms with van der Waals surface area (Å²) in [6.07, 6.45) is 7.12. The maximum Gasteiger partial charge on any atom is 0.155 e. The Labute approximate surface area is 88.6 Å². The number of carbonyl (C=O) groups excluding carboxylic acids is 1. The smallest absolute Gasteiger partial charge is 0.155 e. The molecule has 0 aliphatic carbocycles. The first-order valence-corrected chi connectivity index (χ1v) is 5.17. The second-order valence-electron chi connectivity index (χ2n) is 2.96. The van der Waals surface area contributed by atoms with Crippen LogP contribution < -0.4 is 0 Å². The topological polar surface area (TPSA) is 30.2 Å². The fourth-order valence-corrected chi connectivity index (χ4v) is 1.23. The second kappa shape index (κ2) is 6.44. The van der Waals surface area contributed by atoms with E-state index in [1.165, 1.54) is 0 Å². The minimum absolute atomic E-state index is 0.117. The molecular weight excluding hydrogens is 200 g/mol. The Morgan fingerprint density at radius 3 is 3.00 bits per heavy atom. The molecule has 0 aliphatic heterocycles. The number of unbranched alkanes of at least 4 members (excludes halogenated alkanes) is 1. The molecule has 0 atom stereocenters. The van der Waals surface area contributed by atoms with E-state index in [9.17, 15) is 4.79 Å². The highest BCUT2D eigenvalue weighted by Crippen LogP contribution is 2.04. The SMILES string of the molecule is O=C(/C=C/c1ccco1)CCCCCl. The van der Waals surface area contributed by atoms with E-state index in [-0.39, 0.29) is 5.78 Å². The van der Waals surface area contributed by atoms with Crippen molar-refractivity contribution >= 4 is 23.5 Å². The molecule has 0 aromatic carbocycles. The zero-order valence-electron chi connectivity index (χ0n) is 7.91. The van der Waals surface area contributed by atoms with Gasteiger partial charge in [-0.3, -0.25) is 4.79 Å². The number of hydrogen-bond acceptors (Lipinski definition) is 2.